The van der Waals surface area contributed by atoms with Crippen LogP contribution in [0.5, 0.6) is 0 Å². The van der Waals surface area contributed by atoms with Crippen LogP contribution in [0.3, 0.4) is 0 Å². The van der Waals surface area contributed by atoms with E-state index < -0.39 is 0 Å². The smallest absolute Gasteiger partial charge is 0.00271 e. The van der Waals surface area contributed by atoms with Crippen molar-refractivity contribution in [3.8, 4) is 11.8 Å². The van der Waals surface area contributed by atoms with E-state index in [4.69, 9.17) is 0 Å². The van der Waals surface area contributed by atoms with Gasteiger partial charge in [0.05, 0.1) is 0 Å². The van der Waals surface area contributed by atoms with Gasteiger partial charge in [-0.25, -0.2) is 0 Å². The Balaban J connectivity index is 0.000000260. The van der Waals surface area contributed by atoms with Crippen LogP contribution in [0.2, 0.25) is 0 Å². The minimum absolute atomic E-state index is 0.859. The largest absolute Gasteiger partial charge is 0.107 e. The summed E-state index contributed by atoms with van der Waals surface area (Å²) in [7, 11) is 0. The van der Waals surface area contributed by atoms with Gasteiger partial charge in [0.1, 0.15) is 0 Å². The van der Waals surface area contributed by atoms with Crippen LogP contribution >= 0.6 is 0 Å². The highest BCUT2D eigenvalue weighted by Crippen LogP contribution is 2.74. The summed E-state index contributed by atoms with van der Waals surface area (Å²) in [5, 5.41) is 0. The Kier molecular flexibility index (Phi) is 10.9. The van der Waals surface area contributed by atoms with E-state index in [1.807, 2.05) is 67.5 Å². The lowest BCUT2D eigenvalue weighted by Gasteiger charge is -2.70. The summed E-state index contributed by atoms with van der Waals surface area (Å²) >= 11 is 0. The van der Waals surface area contributed by atoms with Gasteiger partial charge in [-0.15, -0.1) is 11.8 Å². The van der Waals surface area contributed by atoms with Crippen molar-refractivity contribution < 1.29 is 0 Å². The third kappa shape index (κ3) is 5.68. The van der Waals surface area contributed by atoms with E-state index in [2.05, 4.69) is 11.8 Å². The maximum atomic E-state index is 2.68. The zero-order valence-electron chi connectivity index (χ0n) is 23.1. The topological polar surface area (TPSA) is 0 Å². The molecule has 0 amide bonds. The van der Waals surface area contributed by atoms with Gasteiger partial charge in [-0.2, -0.15) is 0 Å². The third-order valence-electron chi connectivity index (χ3n) is 9.78. The summed E-state index contributed by atoms with van der Waals surface area (Å²) in [4.78, 5) is 0. The van der Waals surface area contributed by atoms with E-state index in [0.29, 0.717) is 0 Å². The minimum Gasteiger partial charge on any atom is -0.107 e. The fourth-order valence-electron chi connectivity index (χ4n) is 9.52. The molecule has 184 valence electrons. The maximum Gasteiger partial charge on any atom is -0.00271 e. The van der Waals surface area contributed by atoms with Crippen molar-refractivity contribution >= 4 is 0 Å². The molecular formula is C32H56. The predicted molar refractivity (Wildman–Crippen MR) is 144 cm³/mol. The van der Waals surface area contributed by atoms with E-state index in [1.165, 1.54) is 0 Å². The SMILES string of the molecule is C1C2CC3CC1CC(C14CC5CC(CC(C5)C1)C4)(C2)C3.CC.CC.CC#CC.CC=CC. The Bertz CT molecular complexity index is 502. The Labute approximate surface area is 202 Å². The normalized spacial score (nSPS) is 43.2. The monoisotopic (exact) mass is 440 g/mol. The molecule has 0 nitrogen and oxygen atoms in total. The van der Waals surface area contributed by atoms with Crippen LogP contribution in [-0.4, -0.2) is 0 Å². The van der Waals surface area contributed by atoms with Gasteiger partial charge in [-0.1, -0.05) is 39.8 Å². The zero-order valence-corrected chi connectivity index (χ0v) is 23.1. The molecule has 0 heterocycles. The summed E-state index contributed by atoms with van der Waals surface area (Å²) in [5.41, 5.74) is 1.72. The second-order valence-corrected chi connectivity index (χ2v) is 11.6. The molecule has 0 spiro atoms. The molecule has 0 aromatic rings. The van der Waals surface area contributed by atoms with Crippen molar-refractivity contribution in [3.63, 3.8) is 0 Å². The molecule has 8 bridgehead atoms. The van der Waals surface area contributed by atoms with Crippen LogP contribution in [0.25, 0.3) is 0 Å². The van der Waals surface area contributed by atoms with Gasteiger partial charge in [0, 0.05) is 0 Å². The van der Waals surface area contributed by atoms with Gasteiger partial charge in [0.15, 0.2) is 0 Å². The first-order chi connectivity index (χ1) is 15.5. The first-order valence-electron chi connectivity index (χ1n) is 14.5. The predicted octanol–water partition coefficient (Wildman–Crippen LogP) is 10.1. The Morgan fingerprint density at radius 1 is 0.469 bits per heavy atom. The lowest BCUT2D eigenvalue weighted by atomic mass is 9.35. The third-order valence-corrected chi connectivity index (χ3v) is 9.78. The van der Waals surface area contributed by atoms with Crippen LogP contribution in [0.1, 0.15) is 132 Å². The van der Waals surface area contributed by atoms with Crippen LogP contribution in [0.15, 0.2) is 12.2 Å². The molecule has 8 saturated carbocycles. The zero-order chi connectivity index (χ0) is 23.8. The molecular weight excluding hydrogens is 384 g/mol. The minimum atomic E-state index is 0.859. The second-order valence-electron chi connectivity index (χ2n) is 11.6. The number of rotatable bonds is 1. The highest BCUT2D eigenvalue weighted by atomic mass is 14.7. The van der Waals surface area contributed by atoms with Crippen molar-refractivity contribution in [2.45, 2.75) is 132 Å². The summed E-state index contributed by atoms with van der Waals surface area (Å²) in [6.07, 6.45) is 23.8. The lowest BCUT2D eigenvalue weighted by molar-refractivity contribution is -0.199. The average molecular weight is 441 g/mol. The first kappa shape index (κ1) is 27.5. The Hall–Kier alpha value is -0.700. The number of hydrogen-bond donors (Lipinski definition) is 0. The molecule has 8 aliphatic rings. The highest BCUT2D eigenvalue weighted by Gasteiger charge is 2.64. The molecule has 0 aliphatic heterocycles. The van der Waals surface area contributed by atoms with Crippen molar-refractivity contribution in [1.82, 2.24) is 0 Å². The van der Waals surface area contributed by atoms with Crippen molar-refractivity contribution in [1.29, 1.82) is 0 Å². The molecule has 0 heteroatoms. The van der Waals surface area contributed by atoms with Gasteiger partial charge in [-0.05, 0) is 151 Å². The van der Waals surface area contributed by atoms with Gasteiger partial charge in [0.2, 0.25) is 0 Å². The van der Waals surface area contributed by atoms with E-state index in [9.17, 15) is 0 Å². The standard InChI is InChI=1S/C20H30.C4H8.C4H6.2C2H6/c1-13-2-15-3-14(1)8-19(7-13,9-15)20-10-16-4-17(11-20)6-18(5-16)12-20;2*1-3-4-2;2*1-2/h13-18H,1-12H2;3-4H,1-2H3;1-2H3;2*1-2H3. The molecule has 0 aromatic heterocycles. The molecule has 8 aliphatic carbocycles. The average Bonchev–Trinajstić information content (AvgIpc) is 2.80. The van der Waals surface area contributed by atoms with Crippen LogP contribution in [0, 0.1) is 58.2 Å². The lowest BCUT2D eigenvalue weighted by Crippen LogP contribution is -2.60. The van der Waals surface area contributed by atoms with Gasteiger partial charge in [-0.3, -0.25) is 0 Å². The van der Waals surface area contributed by atoms with Crippen LogP contribution in [0.4, 0.5) is 0 Å². The van der Waals surface area contributed by atoms with Crippen molar-refractivity contribution in [2.24, 2.45) is 46.3 Å². The van der Waals surface area contributed by atoms with E-state index in [-0.39, 0.29) is 0 Å². The quantitative estimate of drug-likeness (QED) is 0.281. The molecule has 0 radical (unpaired) electrons. The molecule has 0 saturated heterocycles. The van der Waals surface area contributed by atoms with E-state index in [1.54, 1.807) is 77.0 Å². The van der Waals surface area contributed by atoms with Gasteiger partial charge in [0.25, 0.3) is 0 Å². The van der Waals surface area contributed by atoms with Crippen molar-refractivity contribution in [3.05, 3.63) is 12.2 Å². The first-order valence-corrected chi connectivity index (χ1v) is 14.5. The number of hydrogen-bond acceptors (Lipinski definition) is 0. The highest BCUT2D eigenvalue weighted by molar-refractivity contribution is 5.14. The maximum absolute atomic E-state index is 2.68. The fraction of sp³-hybridized carbons (Fsp3) is 0.875. The summed E-state index contributed by atoms with van der Waals surface area (Å²) in [5.74, 6) is 12.3. The molecule has 0 atom stereocenters. The van der Waals surface area contributed by atoms with Gasteiger partial charge >= 0.3 is 0 Å². The summed E-state index contributed by atoms with van der Waals surface area (Å²) in [6.45, 7) is 15.6. The van der Waals surface area contributed by atoms with Gasteiger partial charge < -0.3 is 0 Å². The second kappa shape index (κ2) is 12.7. The van der Waals surface area contributed by atoms with E-state index >= 15 is 0 Å². The molecule has 0 aromatic carbocycles. The Morgan fingerprint density at radius 2 is 0.656 bits per heavy atom. The summed E-state index contributed by atoms with van der Waals surface area (Å²) < 4.78 is 0. The molecule has 0 unspecified atom stereocenters. The van der Waals surface area contributed by atoms with Crippen LogP contribution < -0.4 is 0 Å². The molecule has 32 heavy (non-hydrogen) atoms. The molecule has 0 N–H and O–H groups in total. The Morgan fingerprint density at radius 3 is 0.781 bits per heavy atom. The molecule has 8 fully saturated rings. The fourth-order valence-corrected chi connectivity index (χ4v) is 9.52. The van der Waals surface area contributed by atoms with Crippen molar-refractivity contribution in [2.75, 3.05) is 0 Å². The van der Waals surface area contributed by atoms with E-state index in [0.717, 1.165) is 46.3 Å². The molecule has 8 rings (SSSR count). The summed E-state index contributed by atoms with van der Waals surface area (Å²) in [6, 6.07) is 0. The number of allylic oxidation sites excluding steroid dienone is 2. The van der Waals surface area contributed by atoms with Crippen LogP contribution in [-0.2, 0) is 0 Å².